The Morgan fingerprint density at radius 2 is 1.95 bits per heavy atom. The van der Waals surface area contributed by atoms with Crippen molar-refractivity contribution in [2.75, 3.05) is 19.0 Å². The van der Waals surface area contributed by atoms with E-state index in [1.54, 1.807) is 25.3 Å². The molecule has 0 heterocycles. The lowest BCUT2D eigenvalue weighted by Gasteiger charge is -2.12. The normalized spacial score (nSPS) is 10.2. The van der Waals surface area contributed by atoms with Crippen LogP contribution in [0.4, 0.5) is 10.1 Å². The van der Waals surface area contributed by atoms with Gasteiger partial charge in [0.15, 0.2) is 0 Å². The van der Waals surface area contributed by atoms with E-state index in [1.807, 2.05) is 6.92 Å². The molecule has 1 amide bonds. The molecule has 0 bridgehead atoms. The highest BCUT2D eigenvalue weighted by molar-refractivity contribution is 14.1. The van der Waals surface area contributed by atoms with Crippen molar-refractivity contribution in [1.82, 2.24) is 0 Å². The summed E-state index contributed by atoms with van der Waals surface area (Å²) in [6.07, 6.45) is 0. The van der Waals surface area contributed by atoms with E-state index in [-0.39, 0.29) is 5.91 Å². The fourth-order valence-electron chi connectivity index (χ4n) is 1.88. The van der Waals surface area contributed by atoms with Crippen LogP contribution in [0.2, 0.25) is 0 Å². The fraction of sp³-hybridized carbons (Fsp3) is 0.188. The largest absolute Gasteiger partial charge is 0.496 e. The average Bonchev–Trinajstić information content (AvgIpc) is 2.50. The van der Waals surface area contributed by atoms with E-state index in [9.17, 15) is 9.18 Å². The van der Waals surface area contributed by atoms with Crippen molar-refractivity contribution in [2.45, 2.75) is 6.92 Å². The second-order valence-electron chi connectivity index (χ2n) is 4.38. The summed E-state index contributed by atoms with van der Waals surface area (Å²) >= 11 is 2.09. The smallest absolute Gasteiger partial charge is 0.255 e. The number of ether oxygens (including phenoxy) is 2. The lowest BCUT2D eigenvalue weighted by Crippen LogP contribution is -2.13. The van der Waals surface area contributed by atoms with Crippen LogP contribution in [-0.4, -0.2) is 19.6 Å². The summed E-state index contributed by atoms with van der Waals surface area (Å²) in [5, 5.41) is 2.67. The van der Waals surface area contributed by atoms with Gasteiger partial charge in [0.25, 0.3) is 5.91 Å². The third kappa shape index (κ3) is 3.88. The minimum absolute atomic E-state index is 0.303. The van der Waals surface area contributed by atoms with Gasteiger partial charge >= 0.3 is 0 Å². The van der Waals surface area contributed by atoms with Gasteiger partial charge in [0.1, 0.15) is 17.3 Å². The molecule has 0 aliphatic heterocycles. The van der Waals surface area contributed by atoms with Crippen LogP contribution in [0.5, 0.6) is 11.5 Å². The molecule has 0 unspecified atom stereocenters. The highest BCUT2D eigenvalue weighted by Gasteiger charge is 2.12. The van der Waals surface area contributed by atoms with E-state index < -0.39 is 5.82 Å². The highest BCUT2D eigenvalue weighted by atomic mass is 127. The highest BCUT2D eigenvalue weighted by Crippen LogP contribution is 2.27. The number of hydrogen-bond acceptors (Lipinski definition) is 3. The van der Waals surface area contributed by atoms with Gasteiger partial charge in [0.2, 0.25) is 0 Å². The molecular weight excluding hydrogens is 400 g/mol. The molecule has 0 saturated heterocycles. The van der Waals surface area contributed by atoms with E-state index in [2.05, 4.69) is 27.9 Å². The minimum atomic E-state index is -0.442. The maximum atomic E-state index is 13.4. The Bertz CT molecular complexity index is 691. The fourth-order valence-corrected chi connectivity index (χ4v) is 2.62. The van der Waals surface area contributed by atoms with Crippen molar-refractivity contribution in [3.8, 4) is 11.5 Å². The molecule has 0 saturated carbocycles. The van der Waals surface area contributed by atoms with Gasteiger partial charge in [-0.15, -0.1) is 0 Å². The Morgan fingerprint density at radius 1 is 1.23 bits per heavy atom. The van der Waals surface area contributed by atoms with Gasteiger partial charge in [0.05, 0.1) is 23.0 Å². The zero-order chi connectivity index (χ0) is 16.1. The standard InChI is InChI=1S/C16H15FINO3/c1-3-22-15-7-5-11(17)9-13(15)19-16(20)10-4-6-14(21-2)12(18)8-10/h4-9H,3H2,1-2H3,(H,19,20). The quantitative estimate of drug-likeness (QED) is 0.749. The van der Waals surface area contributed by atoms with Crippen LogP contribution in [0.25, 0.3) is 0 Å². The van der Waals surface area contributed by atoms with Crippen LogP contribution in [0.15, 0.2) is 36.4 Å². The van der Waals surface area contributed by atoms with Crippen LogP contribution in [0.3, 0.4) is 0 Å². The average molecular weight is 415 g/mol. The zero-order valence-electron chi connectivity index (χ0n) is 12.2. The molecule has 0 fully saturated rings. The molecule has 4 nitrogen and oxygen atoms in total. The van der Waals surface area contributed by atoms with Gasteiger partial charge in [0, 0.05) is 11.6 Å². The van der Waals surface area contributed by atoms with Crippen LogP contribution in [-0.2, 0) is 0 Å². The number of carbonyl (C=O) groups is 1. The third-order valence-electron chi connectivity index (χ3n) is 2.90. The molecule has 0 spiro atoms. The molecule has 22 heavy (non-hydrogen) atoms. The molecule has 0 atom stereocenters. The summed E-state index contributed by atoms with van der Waals surface area (Å²) in [5.74, 6) is 0.341. The van der Waals surface area contributed by atoms with E-state index in [4.69, 9.17) is 9.47 Å². The zero-order valence-corrected chi connectivity index (χ0v) is 14.3. The van der Waals surface area contributed by atoms with Gasteiger partial charge in [-0.1, -0.05) is 0 Å². The van der Waals surface area contributed by atoms with Gasteiger partial charge in [-0.2, -0.15) is 0 Å². The second kappa shape index (κ2) is 7.44. The number of benzene rings is 2. The van der Waals surface area contributed by atoms with E-state index in [1.165, 1.54) is 18.2 Å². The van der Waals surface area contributed by atoms with Crippen molar-refractivity contribution in [3.63, 3.8) is 0 Å². The first-order chi connectivity index (χ1) is 10.5. The number of anilines is 1. The maximum Gasteiger partial charge on any atom is 0.255 e. The summed E-state index contributed by atoms with van der Waals surface area (Å²) in [7, 11) is 1.57. The van der Waals surface area contributed by atoms with Crippen molar-refractivity contribution in [2.24, 2.45) is 0 Å². The predicted molar refractivity (Wildman–Crippen MR) is 91.2 cm³/mol. The molecule has 1 N–H and O–H groups in total. The topological polar surface area (TPSA) is 47.6 Å². The van der Waals surface area contributed by atoms with Gasteiger partial charge < -0.3 is 14.8 Å². The molecule has 0 aromatic heterocycles. The van der Waals surface area contributed by atoms with Crippen molar-refractivity contribution in [3.05, 3.63) is 51.3 Å². The van der Waals surface area contributed by atoms with E-state index >= 15 is 0 Å². The van der Waals surface area contributed by atoms with Crippen LogP contribution in [0.1, 0.15) is 17.3 Å². The van der Waals surface area contributed by atoms with E-state index in [0.29, 0.717) is 29.4 Å². The summed E-state index contributed by atoms with van der Waals surface area (Å²) in [4.78, 5) is 12.3. The van der Waals surface area contributed by atoms with Crippen molar-refractivity contribution >= 4 is 34.2 Å². The lowest BCUT2D eigenvalue weighted by molar-refractivity contribution is 0.102. The summed E-state index contributed by atoms with van der Waals surface area (Å²) in [6.45, 7) is 2.25. The third-order valence-corrected chi connectivity index (χ3v) is 3.75. The molecule has 0 aliphatic carbocycles. The first-order valence-electron chi connectivity index (χ1n) is 6.62. The lowest BCUT2D eigenvalue weighted by atomic mass is 10.2. The predicted octanol–water partition coefficient (Wildman–Crippen LogP) is 4.09. The number of halogens is 2. The summed E-state index contributed by atoms with van der Waals surface area (Å²) in [6, 6.07) is 9.08. The molecule has 2 rings (SSSR count). The number of methoxy groups -OCH3 is 1. The van der Waals surface area contributed by atoms with Crippen LogP contribution < -0.4 is 14.8 Å². The number of amides is 1. The van der Waals surface area contributed by atoms with Crippen molar-refractivity contribution < 1.29 is 18.7 Å². The molecule has 2 aromatic carbocycles. The van der Waals surface area contributed by atoms with Crippen LogP contribution in [0, 0.1) is 9.39 Å². The number of hydrogen-bond donors (Lipinski definition) is 1. The Labute approximate surface area is 141 Å². The summed E-state index contributed by atoms with van der Waals surface area (Å²) in [5.41, 5.74) is 0.759. The number of nitrogens with one attached hydrogen (secondary N) is 1. The van der Waals surface area contributed by atoms with Crippen molar-refractivity contribution in [1.29, 1.82) is 0 Å². The second-order valence-corrected chi connectivity index (χ2v) is 5.54. The minimum Gasteiger partial charge on any atom is -0.496 e. The first-order valence-corrected chi connectivity index (χ1v) is 7.70. The molecular formula is C16H15FINO3. The monoisotopic (exact) mass is 415 g/mol. The molecule has 116 valence electrons. The van der Waals surface area contributed by atoms with Crippen LogP contribution >= 0.6 is 22.6 Å². The van der Waals surface area contributed by atoms with E-state index in [0.717, 1.165) is 3.57 Å². The van der Waals surface area contributed by atoms with Gasteiger partial charge in [-0.3, -0.25) is 4.79 Å². The molecule has 6 heteroatoms. The Morgan fingerprint density at radius 3 is 2.59 bits per heavy atom. The Hall–Kier alpha value is -1.83. The van der Waals surface area contributed by atoms with Gasteiger partial charge in [-0.25, -0.2) is 4.39 Å². The number of carbonyl (C=O) groups excluding carboxylic acids is 1. The SMILES string of the molecule is CCOc1ccc(F)cc1NC(=O)c1ccc(OC)c(I)c1. The first kappa shape index (κ1) is 16.5. The van der Waals surface area contributed by atoms with Gasteiger partial charge in [-0.05, 0) is 59.8 Å². The Balaban J connectivity index is 2.25. The number of rotatable bonds is 5. The molecule has 0 radical (unpaired) electrons. The Kier molecular flexibility index (Phi) is 5.59. The molecule has 0 aliphatic rings. The molecule has 2 aromatic rings. The maximum absolute atomic E-state index is 13.4. The summed E-state index contributed by atoms with van der Waals surface area (Å²) < 4.78 is 24.7.